The molecule has 0 aliphatic carbocycles. The molecule has 4 nitrogen and oxygen atoms in total. The molecule has 0 N–H and O–H groups in total. The maximum absolute atomic E-state index is 8.89. The van der Waals surface area contributed by atoms with Crippen LogP contribution in [0, 0.1) is 11.3 Å². The summed E-state index contributed by atoms with van der Waals surface area (Å²) in [6.45, 7) is 0. The fourth-order valence-electron chi connectivity index (χ4n) is 1.46. The molecule has 1 rings (SSSR count). The second-order valence-electron chi connectivity index (χ2n) is 3.36. The number of allylic oxidation sites excluding steroid dienone is 1. The van der Waals surface area contributed by atoms with Crippen molar-refractivity contribution in [3.63, 3.8) is 0 Å². The van der Waals surface area contributed by atoms with Crippen molar-refractivity contribution in [3.05, 3.63) is 35.6 Å². The lowest BCUT2D eigenvalue weighted by molar-refractivity contribution is 0.334. The Morgan fingerprint density at radius 3 is 2.47 bits per heavy atom. The Hall–Kier alpha value is -2.15. The summed E-state index contributed by atoms with van der Waals surface area (Å²) in [6.07, 6.45) is 1.95. The van der Waals surface area contributed by atoms with Crippen LogP contribution in [0.5, 0.6) is 11.5 Å². The van der Waals surface area contributed by atoms with Crippen molar-refractivity contribution in [2.75, 3.05) is 21.3 Å². The first-order chi connectivity index (χ1) is 8.24. The normalized spacial score (nSPS) is 10.6. The summed E-state index contributed by atoms with van der Waals surface area (Å²) in [6, 6.07) is 7.63. The lowest BCUT2D eigenvalue weighted by Crippen LogP contribution is -1.94. The molecule has 0 amide bonds. The van der Waals surface area contributed by atoms with Crippen molar-refractivity contribution < 1.29 is 14.2 Å². The van der Waals surface area contributed by atoms with Gasteiger partial charge in [-0.1, -0.05) is 6.07 Å². The Morgan fingerprint density at radius 1 is 1.24 bits per heavy atom. The third kappa shape index (κ3) is 3.42. The SMILES string of the molecule is CO/C=C(/C#N)Cc1ccc(OC)c(OC)c1. The maximum Gasteiger partial charge on any atom is 0.160 e. The van der Waals surface area contributed by atoms with Gasteiger partial charge in [0, 0.05) is 6.42 Å². The van der Waals surface area contributed by atoms with Crippen LogP contribution >= 0.6 is 0 Å². The molecule has 0 unspecified atom stereocenters. The first-order valence-electron chi connectivity index (χ1n) is 5.08. The average Bonchev–Trinajstić information content (AvgIpc) is 2.38. The van der Waals surface area contributed by atoms with Gasteiger partial charge in [0.05, 0.1) is 39.2 Å². The molecule has 0 saturated carbocycles. The van der Waals surface area contributed by atoms with Gasteiger partial charge in [-0.3, -0.25) is 0 Å². The standard InChI is InChI=1S/C13H15NO3/c1-15-9-11(8-14)6-10-4-5-12(16-2)13(7-10)17-3/h4-5,7,9H,6H2,1-3H3/b11-9+. The number of nitrogens with zero attached hydrogens (tertiary/aromatic N) is 1. The highest BCUT2D eigenvalue weighted by molar-refractivity contribution is 5.44. The molecule has 1 aromatic carbocycles. The van der Waals surface area contributed by atoms with Crippen LogP contribution in [0.4, 0.5) is 0 Å². The summed E-state index contributed by atoms with van der Waals surface area (Å²) in [7, 11) is 4.69. The van der Waals surface area contributed by atoms with Crippen LogP contribution in [0.15, 0.2) is 30.0 Å². The molecule has 0 aliphatic rings. The van der Waals surface area contributed by atoms with Gasteiger partial charge in [-0.2, -0.15) is 5.26 Å². The largest absolute Gasteiger partial charge is 0.503 e. The smallest absolute Gasteiger partial charge is 0.160 e. The highest BCUT2D eigenvalue weighted by Gasteiger charge is 2.06. The fraction of sp³-hybridized carbons (Fsp3) is 0.308. The second kappa shape index (κ2) is 6.44. The van der Waals surface area contributed by atoms with Crippen molar-refractivity contribution in [1.82, 2.24) is 0 Å². The highest BCUT2D eigenvalue weighted by Crippen LogP contribution is 2.28. The lowest BCUT2D eigenvalue weighted by atomic mass is 10.1. The minimum Gasteiger partial charge on any atom is -0.503 e. The number of hydrogen-bond donors (Lipinski definition) is 0. The third-order valence-corrected chi connectivity index (χ3v) is 2.25. The van der Waals surface area contributed by atoms with Crippen molar-refractivity contribution >= 4 is 0 Å². The van der Waals surface area contributed by atoms with E-state index in [4.69, 9.17) is 19.5 Å². The Morgan fingerprint density at radius 2 is 1.94 bits per heavy atom. The molecule has 0 radical (unpaired) electrons. The predicted octanol–water partition coefficient (Wildman–Crippen LogP) is 2.30. The lowest BCUT2D eigenvalue weighted by Gasteiger charge is -2.09. The van der Waals surface area contributed by atoms with Crippen molar-refractivity contribution in [2.45, 2.75) is 6.42 Å². The summed E-state index contributed by atoms with van der Waals surface area (Å²) < 4.78 is 15.2. The quantitative estimate of drug-likeness (QED) is 0.578. The number of methoxy groups -OCH3 is 3. The highest BCUT2D eigenvalue weighted by atomic mass is 16.5. The van der Waals surface area contributed by atoms with Crippen LogP contribution < -0.4 is 9.47 Å². The average molecular weight is 233 g/mol. The Kier molecular flexibility index (Phi) is 4.89. The van der Waals surface area contributed by atoms with E-state index in [1.165, 1.54) is 13.4 Å². The van der Waals surface area contributed by atoms with Gasteiger partial charge < -0.3 is 14.2 Å². The molecule has 0 spiro atoms. The zero-order valence-corrected chi connectivity index (χ0v) is 10.2. The van der Waals surface area contributed by atoms with Crippen molar-refractivity contribution in [2.24, 2.45) is 0 Å². The van der Waals surface area contributed by atoms with Crippen LogP contribution in [0.25, 0.3) is 0 Å². The zero-order chi connectivity index (χ0) is 12.7. The van der Waals surface area contributed by atoms with Gasteiger partial charge in [0.1, 0.15) is 0 Å². The van der Waals surface area contributed by atoms with Gasteiger partial charge in [0.2, 0.25) is 0 Å². The van der Waals surface area contributed by atoms with Crippen LogP contribution in [0.2, 0.25) is 0 Å². The third-order valence-electron chi connectivity index (χ3n) is 2.25. The van der Waals surface area contributed by atoms with E-state index in [1.54, 1.807) is 14.2 Å². The molecule has 0 heterocycles. The van der Waals surface area contributed by atoms with Gasteiger partial charge in [0.25, 0.3) is 0 Å². The zero-order valence-electron chi connectivity index (χ0n) is 10.2. The van der Waals surface area contributed by atoms with Gasteiger partial charge in [-0.25, -0.2) is 0 Å². The molecule has 0 aromatic heterocycles. The van der Waals surface area contributed by atoms with Gasteiger partial charge in [-0.15, -0.1) is 0 Å². The van der Waals surface area contributed by atoms with Gasteiger partial charge in [-0.05, 0) is 17.7 Å². The van der Waals surface area contributed by atoms with E-state index in [9.17, 15) is 0 Å². The first kappa shape index (κ1) is 12.9. The van der Waals surface area contributed by atoms with E-state index in [-0.39, 0.29) is 0 Å². The first-order valence-corrected chi connectivity index (χ1v) is 5.08. The molecule has 0 fully saturated rings. The molecule has 1 aromatic rings. The number of ether oxygens (including phenoxy) is 3. The van der Waals surface area contributed by atoms with E-state index >= 15 is 0 Å². The number of rotatable bonds is 5. The predicted molar refractivity (Wildman–Crippen MR) is 64.0 cm³/mol. The number of hydrogen-bond acceptors (Lipinski definition) is 4. The molecule has 4 heteroatoms. The minimum atomic E-state index is 0.505. The molecule has 0 atom stereocenters. The molecule has 17 heavy (non-hydrogen) atoms. The number of nitriles is 1. The van der Waals surface area contributed by atoms with Crippen molar-refractivity contribution in [3.8, 4) is 17.6 Å². The van der Waals surface area contributed by atoms with E-state index in [0.29, 0.717) is 23.5 Å². The van der Waals surface area contributed by atoms with Crippen LogP contribution in [-0.2, 0) is 11.2 Å². The van der Waals surface area contributed by atoms with Crippen LogP contribution in [0.3, 0.4) is 0 Å². The van der Waals surface area contributed by atoms with Crippen LogP contribution in [0.1, 0.15) is 5.56 Å². The van der Waals surface area contributed by atoms with Gasteiger partial charge >= 0.3 is 0 Å². The van der Waals surface area contributed by atoms with Crippen LogP contribution in [-0.4, -0.2) is 21.3 Å². The number of benzene rings is 1. The summed E-state index contributed by atoms with van der Waals surface area (Å²) in [5.74, 6) is 1.32. The summed E-state index contributed by atoms with van der Waals surface area (Å²) in [5, 5.41) is 8.89. The molecule has 0 bridgehead atoms. The molecule has 90 valence electrons. The Labute approximate surface area is 101 Å². The topological polar surface area (TPSA) is 51.5 Å². The summed E-state index contributed by atoms with van der Waals surface area (Å²) >= 11 is 0. The van der Waals surface area contributed by atoms with E-state index < -0.39 is 0 Å². The molecular weight excluding hydrogens is 218 g/mol. The summed E-state index contributed by atoms with van der Waals surface area (Å²) in [5.41, 5.74) is 1.52. The van der Waals surface area contributed by atoms with Gasteiger partial charge in [0.15, 0.2) is 11.5 Å². The molecular formula is C13H15NO3. The van der Waals surface area contributed by atoms with E-state index in [0.717, 1.165) is 5.56 Å². The monoisotopic (exact) mass is 233 g/mol. The van der Waals surface area contributed by atoms with E-state index in [1.807, 2.05) is 18.2 Å². The minimum absolute atomic E-state index is 0.505. The van der Waals surface area contributed by atoms with Crippen molar-refractivity contribution in [1.29, 1.82) is 5.26 Å². The molecule has 0 aliphatic heterocycles. The Balaban J connectivity index is 2.93. The van der Waals surface area contributed by atoms with E-state index in [2.05, 4.69) is 6.07 Å². The maximum atomic E-state index is 8.89. The molecule has 0 saturated heterocycles. The fourth-order valence-corrected chi connectivity index (χ4v) is 1.46. The Bertz CT molecular complexity index is 446. The summed E-state index contributed by atoms with van der Waals surface area (Å²) in [4.78, 5) is 0. The second-order valence-corrected chi connectivity index (χ2v) is 3.36.